The number of halogens is 2. The van der Waals surface area contributed by atoms with Crippen LogP contribution < -0.4 is 16.0 Å². The molecule has 7 nitrogen and oxygen atoms in total. The summed E-state index contributed by atoms with van der Waals surface area (Å²) in [5.41, 5.74) is 2.15. The van der Waals surface area contributed by atoms with E-state index in [1.54, 1.807) is 18.3 Å². The summed E-state index contributed by atoms with van der Waals surface area (Å²) in [5.74, 6) is -0.705. The summed E-state index contributed by atoms with van der Waals surface area (Å²) in [7, 11) is 4.05. The number of benzene rings is 2. The average molecular weight is 482 g/mol. The van der Waals surface area contributed by atoms with Crippen LogP contribution in [0, 0.1) is 11.6 Å². The minimum absolute atomic E-state index is 0.0839. The molecular weight excluding hydrogens is 452 g/mol. The Morgan fingerprint density at radius 1 is 0.971 bits per heavy atom. The quantitative estimate of drug-likeness (QED) is 0.378. The first-order valence-corrected chi connectivity index (χ1v) is 11.3. The molecule has 0 fully saturated rings. The van der Waals surface area contributed by atoms with Gasteiger partial charge in [-0.25, -0.2) is 18.6 Å². The summed E-state index contributed by atoms with van der Waals surface area (Å²) in [6.45, 7) is 1.76. The number of nitrogens with zero attached hydrogens (tertiary/aromatic N) is 2. The van der Waals surface area contributed by atoms with E-state index < -0.39 is 23.6 Å². The summed E-state index contributed by atoms with van der Waals surface area (Å²) in [6, 6.07) is 12.7. The number of amides is 3. The van der Waals surface area contributed by atoms with E-state index in [0.29, 0.717) is 17.5 Å². The topological polar surface area (TPSA) is 86.4 Å². The Morgan fingerprint density at radius 2 is 1.74 bits per heavy atom. The fraction of sp³-hybridized carbons (Fsp3) is 0.269. The Morgan fingerprint density at radius 3 is 2.46 bits per heavy atom. The Bertz CT molecular complexity index is 1150. The van der Waals surface area contributed by atoms with Crippen molar-refractivity contribution >= 4 is 23.4 Å². The molecule has 0 aliphatic rings. The fourth-order valence-electron chi connectivity index (χ4n) is 3.40. The molecule has 0 saturated carbocycles. The highest BCUT2D eigenvalue weighted by Gasteiger charge is 2.11. The minimum Gasteiger partial charge on any atom is -0.370 e. The van der Waals surface area contributed by atoms with Crippen LogP contribution in [0.2, 0.25) is 0 Å². The molecule has 0 bridgehead atoms. The second-order valence-corrected chi connectivity index (χ2v) is 8.42. The van der Waals surface area contributed by atoms with Crippen LogP contribution in [-0.4, -0.2) is 49.0 Å². The molecule has 0 saturated heterocycles. The van der Waals surface area contributed by atoms with Gasteiger partial charge in [-0.2, -0.15) is 0 Å². The number of anilines is 2. The minimum atomic E-state index is -0.775. The van der Waals surface area contributed by atoms with E-state index >= 15 is 0 Å². The van der Waals surface area contributed by atoms with Gasteiger partial charge in [0.15, 0.2) is 0 Å². The molecule has 0 atom stereocenters. The Balaban J connectivity index is 1.52. The summed E-state index contributed by atoms with van der Waals surface area (Å²) in [5, 5.41) is 7.90. The van der Waals surface area contributed by atoms with Crippen LogP contribution in [0.5, 0.6) is 0 Å². The van der Waals surface area contributed by atoms with Gasteiger partial charge in [0, 0.05) is 24.8 Å². The summed E-state index contributed by atoms with van der Waals surface area (Å²) >= 11 is 0. The molecule has 1 aromatic heterocycles. The van der Waals surface area contributed by atoms with Gasteiger partial charge in [0.2, 0.25) is 5.91 Å². The van der Waals surface area contributed by atoms with E-state index in [2.05, 4.69) is 25.8 Å². The molecule has 35 heavy (non-hydrogen) atoms. The third kappa shape index (κ3) is 8.78. The second-order valence-electron chi connectivity index (χ2n) is 8.42. The van der Waals surface area contributed by atoms with Crippen molar-refractivity contribution in [3.63, 3.8) is 0 Å². The largest absolute Gasteiger partial charge is 0.370 e. The molecule has 0 aliphatic heterocycles. The lowest BCUT2D eigenvalue weighted by molar-refractivity contribution is -0.119. The highest BCUT2D eigenvalue weighted by atomic mass is 19.1. The van der Waals surface area contributed by atoms with E-state index in [0.717, 1.165) is 30.9 Å². The monoisotopic (exact) mass is 481 g/mol. The molecule has 0 spiro atoms. The maximum absolute atomic E-state index is 14.7. The van der Waals surface area contributed by atoms with Crippen LogP contribution in [0.1, 0.15) is 23.1 Å². The van der Waals surface area contributed by atoms with Crippen molar-refractivity contribution in [3.05, 3.63) is 89.1 Å². The van der Waals surface area contributed by atoms with E-state index in [9.17, 15) is 18.4 Å². The predicted molar refractivity (Wildman–Crippen MR) is 132 cm³/mol. The number of nitrogens with one attached hydrogen (secondary N) is 3. The van der Waals surface area contributed by atoms with Gasteiger partial charge in [0.1, 0.15) is 17.5 Å². The fourth-order valence-corrected chi connectivity index (χ4v) is 3.40. The van der Waals surface area contributed by atoms with Gasteiger partial charge in [-0.15, -0.1) is 0 Å². The zero-order chi connectivity index (χ0) is 25.2. The SMILES string of the molecule is CN(C)CCCNc1cc(Cc2ccc(NC(=O)NC(=O)Cc3ccc(F)cc3)cc2F)ccn1. The molecule has 3 rings (SSSR count). The number of aromatic nitrogens is 1. The molecule has 3 aromatic rings. The number of carbonyl (C=O) groups excluding carboxylic acids is 2. The van der Waals surface area contributed by atoms with Gasteiger partial charge in [-0.3, -0.25) is 10.1 Å². The van der Waals surface area contributed by atoms with Crippen molar-refractivity contribution in [2.24, 2.45) is 0 Å². The number of carbonyl (C=O) groups is 2. The van der Waals surface area contributed by atoms with Crippen LogP contribution in [0.25, 0.3) is 0 Å². The molecule has 1 heterocycles. The molecule has 0 radical (unpaired) electrons. The lowest BCUT2D eigenvalue weighted by Crippen LogP contribution is -2.35. The average Bonchev–Trinajstić information content (AvgIpc) is 2.80. The number of imide groups is 1. The Hall–Kier alpha value is -3.85. The standard InChI is InChI=1S/C26H29F2N5O2/c1-33(2)13-3-11-29-24-15-19(10-12-30-24)14-20-6-9-22(17-23(20)28)31-26(35)32-25(34)16-18-4-7-21(27)8-5-18/h4-10,12,15,17H,3,11,13-14,16H2,1-2H3,(H,29,30)(H2,31,32,34,35). The van der Waals surface area contributed by atoms with Crippen LogP contribution in [-0.2, 0) is 17.6 Å². The maximum Gasteiger partial charge on any atom is 0.325 e. The van der Waals surface area contributed by atoms with Crippen molar-refractivity contribution in [1.82, 2.24) is 15.2 Å². The molecule has 2 aromatic carbocycles. The number of rotatable bonds is 10. The summed E-state index contributed by atoms with van der Waals surface area (Å²) in [6.07, 6.45) is 2.95. The molecule has 3 amide bonds. The van der Waals surface area contributed by atoms with Crippen LogP contribution in [0.3, 0.4) is 0 Å². The van der Waals surface area contributed by atoms with Crippen molar-refractivity contribution < 1.29 is 18.4 Å². The van der Waals surface area contributed by atoms with E-state index in [-0.39, 0.29) is 12.1 Å². The van der Waals surface area contributed by atoms with Crippen molar-refractivity contribution in [2.75, 3.05) is 37.8 Å². The van der Waals surface area contributed by atoms with Gasteiger partial charge in [0.25, 0.3) is 0 Å². The summed E-state index contributed by atoms with van der Waals surface area (Å²) in [4.78, 5) is 30.5. The number of hydrogen-bond acceptors (Lipinski definition) is 5. The zero-order valence-electron chi connectivity index (χ0n) is 19.8. The van der Waals surface area contributed by atoms with Gasteiger partial charge in [-0.1, -0.05) is 18.2 Å². The lowest BCUT2D eigenvalue weighted by atomic mass is 10.0. The lowest BCUT2D eigenvalue weighted by Gasteiger charge is -2.11. The van der Waals surface area contributed by atoms with Crippen LogP contribution >= 0.6 is 0 Å². The van der Waals surface area contributed by atoms with Crippen molar-refractivity contribution in [3.8, 4) is 0 Å². The Labute approximate surface area is 203 Å². The number of hydrogen-bond donors (Lipinski definition) is 3. The predicted octanol–water partition coefficient (Wildman–Crippen LogP) is 4.21. The highest BCUT2D eigenvalue weighted by molar-refractivity contribution is 6.01. The maximum atomic E-state index is 14.7. The molecule has 3 N–H and O–H groups in total. The smallest absolute Gasteiger partial charge is 0.325 e. The first kappa shape index (κ1) is 25.8. The van der Waals surface area contributed by atoms with Gasteiger partial charge >= 0.3 is 6.03 Å². The Kier molecular flexibility index (Phi) is 9.25. The van der Waals surface area contributed by atoms with E-state index in [1.807, 2.05) is 26.2 Å². The second kappa shape index (κ2) is 12.6. The van der Waals surface area contributed by atoms with E-state index in [4.69, 9.17) is 0 Å². The molecule has 184 valence electrons. The number of urea groups is 1. The van der Waals surface area contributed by atoms with Crippen LogP contribution in [0.4, 0.5) is 25.1 Å². The third-order valence-corrected chi connectivity index (χ3v) is 5.15. The third-order valence-electron chi connectivity index (χ3n) is 5.15. The highest BCUT2D eigenvalue weighted by Crippen LogP contribution is 2.19. The molecule has 0 aliphatic carbocycles. The first-order chi connectivity index (χ1) is 16.8. The molecule has 0 unspecified atom stereocenters. The molecular formula is C26H29F2N5O2. The summed E-state index contributed by atoms with van der Waals surface area (Å²) < 4.78 is 27.6. The van der Waals surface area contributed by atoms with Gasteiger partial charge in [-0.05, 0) is 80.1 Å². The van der Waals surface area contributed by atoms with Gasteiger partial charge in [0.05, 0.1) is 6.42 Å². The van der Waals surface area contributed by atoms with Crippen LogP contribution in [0.15, 0.2) is 60.8 Å². The molecule has 9 heteroatoms. The number of pyridine rings is 1. The first-order valence-electron chi connectivity index (χ1n) is 11.3. The van der Waals surface area contributed by atoms with Crippen molar-refractivity contribution in [2.45, 2.75) is 19.3 Å². The van der Waals surface area contributed by atoms with Gasteiger partial charge < -0.3 is 15.5 Å². The zero-order valence-corrected chi connectivity index (χ0v) is 19.8. The normalized spacial score (nSPS) is 10.8. The van der Waals surface area contributed by atoms with E-state index in [1.165, 1.54) is 30.3 Å². The van der Waals surface area contributed by atoms with Crippen molar-refractivity contribution in [1.29, 1.82) is 0 Å².